The molecule has 0 saturated carbocycles. The molecule has 0 atom stereocenters. The Morgan fingerprint density at radius 1 is 1.35 bits per heavy atom. The maximum Gasteiger partial charge on any atom is 0.301 e. The van der Waals surface area contributed by atoms with E-state index in [1.165, 1.54) is 4.31 Å². The van der Waals surface area contributed by atoms with Crippen LogP contribution in [-0.2, 0) is 10.2 Å². The van der Waals surface area contributed by atoms with Crippen LogP contribution in [0.25, 0.3) is 0 Å². The van der Waals surface area contributed by atoms with Crippen LogP contribution in [0.2, 0.25) is 0 Å². The lowest BCUT2D eigenvalue weighted by Crippen LogP contribution is -2.37. The Morgan fingerprint density at radius 2 is 1.94 bits per heavy atom. The van der Waals surface area contributed by atoms with Crippen molar-refractivity contribution in [2.75, 3.05) is 11.8 Å². The van der Waals surface area contributed by atoms with Gasteiger partial charge in [-0.05, 0) is 44.5 Å². The predicted molar refractivity (Wildman–Crippen MR) is 74.3 cm³/mol. The van der Waals surface area contributed by atoms with Crippen LogP contribution in [0, 0.1) is 6.92 Å². The molecule has 1 rings (SSSR count). The second kappa shape index (κ2) is 5.37. The average Bonchev–Trinajstić information content (AvgIpc) is 2.21. The lowest BCUT2D eigenvalue weighted by molar-refractivity contribution is 0.414. The second-order valence-electron chi connectivity index (χ2n) is 4.18. The van der Waals surface area contributed by atoms with Gasteiger partial charge in [0.2, 0.25) is 0 Å². The molecule has 0 spiro atoms. The zero-order chi connectivity index (χ0) is 13.2. The molecule has 6 heteroatoms. The van der Waals surface area contributed by atoms with Gasteiger partial charge in [-0.3, -0.25) is 4.72 Å². The summed E-state index contributed by atoms with van der Waals surface area (Å²) >= 11 is 3.34. The Kier molecular flexibility index (Phi) is 4.57. The summed E-state index contributed by atoms with van der Waals surface area (Å²) in [5.74, 6) is 0. The van der Waals surface area contributed by atoms with E-state index in [2.05, 4.69) is 20.7 Å². The molecule has 0 aromatic heterocycles. The van der Waals surface area contributed by atoms with Crippen LogP contribution in [0.1, 0.15) is 19.4 Å². The molecule has 0 bridgehead atoms. The van der Waals surface area contributed by atoms with E-state index in [0.717, 1.165) is 10.0 Å². The Morgan fingerprint density at radius 3 is 2.41 bits per heavy atom. The van der Waals surface area contributed by atoms with Crippen LogP contribution in [-0.4, -0.2) is 25.8 Å². The molecular formula is C11H17BrN2O2S. The van der Waals surface area contributed by atoms with Gasteiger partial charge in [0.15, 0.2) is 0 Å². The molecule has 0 aliphatic heterocycles. The second-order valence-corrected chi connectivity index (χ2v) is 6.82. The molecule has 1 aromatic rings. The summed E-state index contributed by atoms with van der Waals surface area (Å²) in [4.78, 5) is 0. The van der Waals surface area contributed by atoms with E-state index in [9.17, 15) is 8.42 Å². The molecule has 0 saturated heterocycles. The van der Waals surface area contributed by atoms with Gasteiger partial charge in [0, 0.05) is 17.6 Å². The molecular weight excluding hydrogens is 304 g/mol. The fourth-order valence-corrected chi connectivity index (χ4v) is 2.91. The van der Waals surface area contributed by atoms with Gasteiger partial charge in [0.1, 0.15) is 0 Å². The fourth-order valence-electron chi connectivity index (χ4n) is 1.23. The van der Waals surface area contributed by atoms with Gasteiger partial charge in [-0.15, -0.1) is 0 Å². The summed E-state index contributed by atoms with van der Waals surface area (Å²) in [7, 11) is -1.92. The van der Waals surface area contributed by atoms with Crippen LogP contribution < -0.4 is 4.72 Å². The zero-order valence-electron chi connectivity index (χ0n) is 10.4. The van der Waals surface area contributed by atoms with Crippen LogP contribution in [0.3, 0.4) is 0 Å². The number of hydrogen-bond acceptors (Lipinski definition) is 2. The first-order chi connectivity index (χ1) is 7.74. The molecule has 1 N–H and O–H groups in total. The van der Waals surface area contributed by atoms with Crippen molar-refractivity contribution in [3.05, 3.63) is 28.2 Å². The van der Waals surface area contributed by atoms with Crippen molar-refractivity contribution < 1.29 is 8.42 Å². The molecule has 0 amide bonds. The molecule has 96 valence electrons. The van der Waals surface area contributed by atoms with E-state index in [1.54, 1.807) is 19.2 Å². The molecule has 0 aliphatic carbocycles. The maximum atomic E-state index is 12.0. The summed E-state index contributed by atoms with van der Waals surface area (Å²) in [6.45, 7) is 5.51. The normalized spacial score (nSPS) is 12.2. The maximum absolute atomic E-state index is 12.0. The van der Waals surface area contributed by atoms with Gasteiger partial charge < -0.3 is 0 Å². The zero-order valence-corrected chi connectivity index (χ0v) is 12.8. The largest absolute Gasteiger partial charge is 0.301 e. The van der Waals surface area contributed by atoms with E-state index < -0.39 is 10.2 Å². The summed E-state index contributed by atoms with van der Waals surface area (Å²) in [6, 6.07) is 5.33. The third kappa shape index (κ3) is 3.69. The Labute approximate surface area is 111 Å². The Hall–Kier alpha value is -0.590. The number of rotatable bonds is 4. The smallest absolute Gasteiger partial charge is 0.271 e. The number of aryl methyl sites for hydroxylation is 1. The number of hydrogen-bond donors (Lipinski definition) is 1. The molecule has 4 nitrogen and oxygen atoms in total. The minimum Gasteiger partial charge on any atom is -0.271 e. The summed E-state index contributed by atoms with van der Waals surface area (Å²) < 4.78 is 28.8. The molecule has 17 heavy (non-hydrogen) atoms. The molecule has 0 heterocycles. The van der Waals surface area contributed by atoms with E-state index >= 15 is 0 Å². The van der Waals surface area contributed by atoms with Crippen LogP contribution in [0.15, 0.2) is 22.7 Å². The standard InChI is InChI=1S/C11H17BrN2O2S/c1-8(2)14(4)17(15,16)13-11-6-5-10(12)7-9(11)3/h5-8,13H,1-4H3. The highest BCUT2D eigenvalue weighted by Crippen LogP contribution is 2.21. The summed E-state index contributed by atoms with van der Waals surface area (Å²) in [6.07, 6.45) is 0. The Bertz CT molecular complexity index is 500. The van der Waals surface area contributed by atoms with Crippen molar-refractivity contribution in [2.24, 2.45) is 0 Å². The monoisotopic (exact) mass is 320 g/mol. The van der Waals surface area contributed by atoms with E-state index in [4.69, 9.17) is 0 Å². The highest BCUT2D eigenvalue weighted by molar-refractivity contribution is 9.10. The van der Waals surface area contributed by atoms with Crippen molar-refractivity contribution in [3.63, 3.8) is 0 Å². The first-order valence-electron chi connectivity index (χ1n) is 5.26. The molecule has 0 aliphatic rings. The average molecular weight is 321 g/mol. The third-order valence-electron chi connectivity index (χ3n) is 2.53. The van der Waals surface area contributed by atoms with Crippen molar-refractivity contribution in [3.8, 4) is 0 Å². The number of benzene rings is 1. The SMILES string of the molecule is Cc1cc(Br)ccc1NS(=O)(=O)N(C)C(C)C. The molecule has 0 unspecified atom stereocenters. The van der Waals surface area contributed by atoms with Gasteiger partial charge in [-0.2, -0.15) is 12.7 Å². The minimum atomic E-state index is -3.48. The van der Waals surface area contributed by atoms with Crippen LogP contribution in [0.4, 0.5) is 5.69 Å². The Balaban J connectivity index is 2.98. The topological polar surface area (TPSA) is 49.4 Å². The number of halogens is 1. The van der Waals surface area contributed by atoms with E-state index in [0.29, 0.717) is 5.69 Å². The molecule has 0 radical (unpaired) electrons. The van der Waals surface area contributed by atoms with E-state index in [1.807, 2.05) is 26.8 Å². The van der Waals surface area contributed by atoms with Gasteiger partial charge >= 0.3 is 10.2 Å². The highest BCUT2D eigenvalue weighted by atomic mass is 79.9. The van der Waals surface area contributed by atoms with Crippen molar-refractivity contribution in [1.82, 2.24) is 4.31 Å². The fraction of sp³-hybridized carbons (Fsp3) is 0.455. The van der Waals surface area contributed by atoms with Gasteiger partial charge in [0.25, 0.3) is 0 Å². The van der Waals surface area contributed by atoms with Gasteiger partial charge in [-0.1, -0.05) is 15.9 Å². The van der Waals surface area contributed by atoms with Crippen molar-refractivity contribution in [2.45, 2.75) is 26.8 Å². The number of nitrogens with zero attached hydrogens (tertiary/aromatic N) is 1. The first kappa shape index (κ1) is 14.5. The van der Waals surface area contributed by atoms with Crippen molar-refractivity contribution in [1.29, 1.82) is 0 Å². The summed E-state index contributed by atoms with van der Waals surface area (Å²) in [5, 5.41) is 0. The quantitative estimate of drug-likeness (QED) is 0.927. The lowest BCUT2D eigenvalue weighted by atomic mass is 10.2. The van der Waals surface area contributed by atoms with Crippen LogP contribution in [0.5, 0.6) is 0 Å². The van der Waals surface area contributed by atoms with Gasteiger partial charge in [-0.25, -0.2) is 0 Å². The van der Waals surface area contributed by atoms with E-state index in [-0.39, 0.29) is 6.04 Å². The van der Waals surface area contributed by atoms with Crippen LogP contribution >= 0.6 is 15.9 Å². The number of anilines is 1. The van der Waals surface area contributed by atoms with Crippen molar-refractivity contribution >= 4 is 31.8 Å². The summed E-state index contributed by atoms with van der Waals surface area (Å²) in [5.41, 5.74) is 1.47. The molecule has 1 aromatic carbocycles. The first-order valence-corrected chi connectivity index (χ1v) is 7.49. The lowest BCUT2D eigenvalue weighted by Gasteiger charge is -2.22. The third-order valence-corrected chi connectivity index (χ3v) is 4.68. The number of nitrogens with one attached hydrogen (secondary N) is 1. The highest BCUT2D eigenvalue weighted by Gasteiger charge is 2.20. The minimum absolute atomic E-state index is 0.0803. The predicted octanol–water partition coefficient (Wildman–Crippen LogP) is 2.75. The molecule has 0 fully saturated rings. The van der Waals surface area contributed by atoms with Gasteiger partial charge in [0.05, 0.1) is 5.69 Å².